The van der Waals surface area contributed by atoms with Crippen molar-refractivity contribution >= 4 is 35.4 Å². The minimum absolute atomic E-state index is 0.0228. The normalized spacial score (nSPS) is 13.3. The zero-order valence-corrected chi connectivity index (χ0v) is 16.3. The van der Waals surface area contributed by atoms with Gasteiger partial charge in [-0.15, -0.1) is 0 Å². The highest BCUT2D eigenvalue weighted by Crippen LogP contribution is 2.03. The van der Waals surface area contributed by atoms with Crippen LogP contribution in [-0.4, -0.2) is 86.6 Å². The zero-order chi connectivity index (χ0) is 19.9. The summed E-state index contributed by atoms with van der Waals surface area (Å²) in [7, 11) is 0. The van der Waals surface area contributed by atoms with Crippen LogP contribution in [0.3, 0.4) is 0 Å². The summed E-state index contributed by atoms with van der Waals surface area (Å²) in [5.74, 6) is -0.205. The third-order valence-corrected chi connectivity index (χ3v) is 4.12. The van der Waals surface area contributed by atoms with E-state index in [1.807, 2.05) is 6.26 Å². The molecule has 0 aliphatic carbocycles. The molecule has 1 aliphatic heterocycles. The third-order valence-electron chi connectivity index (χ3n) is 3.51. The van der Waals surface area contributed by atoms with E-state index in [1.54, 1.807) is 11.8 Å². The molecule has 27 heavy (non-hydrogen) atoms. The number of ether oxygens (including phenoxy) is 2. The van der Waals surface area contributed by atoms with Crippen LogP contribution < -0.4 is 10.6 Å². The lowest BCUT2D eigenvalue weighted by molar-refractivity contribution is -0.137. The van der Waals surface area contributed by atoms with E-state index in [-0.39, 0.29) is 24.8 Å². The molecule has 9 nitrogen and oxygen atoms in total. The third kappa shape index (κ3) is 10.7. The van der Waals surface area contributed by atoms with E-state index in [0.29, 0.717) is 45.9 Å². The van der Waals surface area contributed by atoms with Gasteiger partial charge >= 0.3 is 0 Å². The standard InChI is InChI=1S/C17H27N3O6S/c1-27-13-5-15(22)19-7-10-26-12-11-25-9-6-18-14(21)4-8-20-16(23)2-3-17(20)24/h2-3H,4-13H2,1H3,(H,18,21)(H,19,22). The summed E-state index contributed by atoms with van der Waals surface area (Å²) in [6.45, 7) is 2.43. The maximum Gasteiger partial charge on any atom is 0.253 e. The Kier molecular flexibility index (Phi) is 12.2. The average Bonchev–Trinajstić information content (AvgIpc) is 2.97. The van der Waals surface area contributed by atoms with Gasteiger partial charge in [-0.1, -0.05) is 0 Å². The van der Waals surface area contributed by atoms with Gasteiger partial charge in [-0.05, 0) is 6.26 Å². The highest BCUT2D eigenvalue weighted by atomic mass is 32.2. The van der Waals surface area contributed by atoms with Gasteiger partial charge in [0.05, 0.1) is 26.4 Å². The molecule has 1 aliphatic rings. The van der Waals surface area contributed by atoms with Gasteiger partial charge in [0.25, 0.3) is 11.8 Å². The Balaban J connectivity index is 1.87. The van der Waals surface area contributed by atoms with Crippen LogP contribution in [0.2, 0.25) is 0 Å². The molecule has 0 aromatic rings. The molecule has 1 rings (SSSR count). The maximum atomic E-state index is 11.6. The molecule has 0 unspecified atom stereocenters. The first-order valence-electron chi connectivity index (χ1n) is 8.76. The lowest BCUT2D eigenvalue weighted by Crippen LogP contribution is -2.35. The molecule has 0 bridgehead atoms. The number of nitrogens with one attached hydrogen (secondary N) is 2. The molecule has 2 N–H and O–H groups in total. The molecule has 4 amide bonds. The second-order valence-electron chi connectivity index (χ2n) is 5.58. The van der Waals surface area contributed by atoms with Gasteiger partial charge in [-0.3, -0.25) is 24.1 Å². The van der Waals surface area contributed by atoms with Crippen molar-refractivity contribution < 1.29 is 28.7 Å². The van der Waals surface area contributed by atoms with Crippen molar-refractivity contribution in [1.29, 1.82) is 0 Å². The molecule has 0 radical (unpaired) electrons. The summed E-state index contributed by atoms with van der Waals surface area (Å²) in [6.07, 6.45) is 4.91. The van der Waals surface area contributed by atoms with E-state index in [1.165, 1.54) is 12.2 Å². The monoisotopic (exact) mass is 401 g/mol. The van der Waals surface area contributed by atoms with E-state index in [0.717, 1.165) is 10.7 Å². The van der Waals surface area contributed by atoms with Gasteiger partial charge in [-0.25, -0.2) is 0 Å². The predicted octanol–water partition coefficient (Wildman–Crippen LogP) is -0.680. The van der Waals surface area contributed by atoms with E-state index in [9.17, 15) is 19.2 Å². The SMILES string of the molecule is CSCCC(=O)NCCOCCOCCNC(=O)CCN1C(=O)C=CC1=O. The van der Waals surface area contributed by atoms with Crippen LogP contribution in [0.4, 0.5) is 0 Å². The Morgan fingerprint density at radius 1 is 0.926 bits per heavy atom. The van der Waals surface area contributed by atoms with Gasteiger partial charge in [-0.2, -0.15) is 11.8 Å². The first-order chi connectivity index (χ1) is 13.0. The molecule has 152 valence electrons. The van der Waals surface area contributed by atoms with Crippen LogP contribution >= 0.6 is 11.8 Å². The van der Waals surface area contributed by atoms with Gasteiger partial charge in [0.1, 0.15) is 0 Å². The van der Waals surface area contributed by atoms with Crippen LogP contribution in [-0.2, 0) is 28.7 Å². The van der Waals surface area contributed by atoms with Crippen molar-refractivity contribution in [3.63, 3.8) is 0 Å². The van der Waals surface area contributed by atoms with Crippen molar-refractivity contribution in [2.75, 3.05) is 58.1 Å². The predicted molar refractivity (Wildman–Crippen MR) is 101 cm³/mol. The Bertz CT molecular complexity index is 523. The first kappa shape index (κ1) is 23.1. The fourth-order valence-electron chi connectivity index (χ4n) is 2.08. The number of amides is 4. The van der Waals surface area contributed by atoms with Crippen molar-refractivity contribution in [3.05, 3.63) is 12.2 Å². The second-order valence-corrected chi connectivity index (χ2v) is 6.56. The molecule has 0 aromatic heterocycles. The number of hydrogen-bond donors (Lipinski definition) is 2. The van der Waals surface area contributed by atoms with Crippen LogP contribution in [0.5, 0.6) is 0 Å². The van der Waals surface area contributed by atoms with Gasteiger partial charge < -0.3 is 20.1 Å². The number of carbonyl (C=O) groups is 4. The number of imide groups is 1. The number of carbonyl (C=O) groups excluding carboxylic acids is 4. The van der Waals surface area contributed by atoms with E-state index >= 15 is 0 Å². The Labute approximate surface area is 163 Å². The highest BCUT2D eigenvalue weighted by Gasteiger charge is 2.23. The first-order valence-corrected chi connectivity index (χ1v) is 10.2. The zero-order valence-electron chi connectivity index (χ0n) is 15.5. The molecule has 0 spiro atoms. The molecule has 10 heteroatoms. The summed E-state index contributed by atoms with van der Waals surface area (Å²) in [6, 6.07) is 0. The average molecular weight is 401 g/mol. The van der Waals surface area contributed by atoms with Crippen molar-refractivity contribution in [3.8, 4) is 0 Å². The van der Waals surface area contributed by atoms with Crippen molar-refractivity contribution in [2.45, 2.75) is 12.8 Å². The Morgan fingerprint density at radius 2 is 1.44 bits per heavy atom. The van der Waals surface area contributed by atoms with Crippen LogP contribution in [0.15, 0.2) is 12.2 Å². The summed E-state index contributed by atoms with van der Waals surface area (Å²) >= 11 is 1.63. The topological polar surface area (TPSA) is 114 Å². The minimum Gasteiger partial charge on any atom is -0.377 e. The molecule has 0 atom stereocenters. The van der Waals surface area contributed by atoms with E-state index < -0.39 is 11.8 Å². The van der Waals surface area contributed by atoms with Crippen molar-refractivity contribution in [1.82, 2.24) is 15.5 Å². The largest absolute Gasteiger partial charge is 0.377 e. The summed E-state index contributed by atoms with van der Waals surface area (Å²) in [4.78, 5) is 46.7. The fourth-order valence-corrected chi connectivity index (χ4v) is 2.47. The van der Waals surface area contributed by atoms with Gasteiger partial charge in [0, 0.05) is 50.4 Å². The molecular weight excluding hydrogens is 374 g/mol. The smallest absolute Gasteiger partial charge is 0.253 e. The van der Waals surface area contributed by atoms with Gasteiger partial charge in [0.2, 0.25) is 11.8 Å². The molecule has 0 saturated carbocycles. The van der Waals surface area contributed by atoms with Crippen LogP contribution in [0.25, 0.3) is 0 Å². The molecule has 1 heterocycles. The second kappa shape index (κ2) is 14.2. The van der Waals surface area contributed by atoms with Crippen LogP contribution in [0.1, 0.15) is 12.8 Å². The molecule has 0 aromatic carbocycles. The minimum atomic E-state index is -0.393. The summed E-state index contributed by atoms with van der Waals surface area (Å²) < 4.78 is 10.6. The number of hydrogen-bond acceptors (Lipinski definition) is 7. The maximum absolute atomic E-state index is 11.6. The number of thioether (sulfide) groups is 1. The van der Waals surface area contributed by atoms with Crippen LogP contribution in [0, 0.1) is 0 Å². The summed E-state index contributed by atoms with van der Waals surface area (Å²) in [5.41, 5.74) is 0. The quantitative estimate of drug-likeness (QED) is 0.276. The van der Waals surface area contributed by atoms with E-state index in [4.69, 9.17) is 9.47 Å². The molecular formula is C17H27N3O6S. The number of rotatable bonds is 15. The Morgan fingerprint density at radius 3 is 1.96 bits per heavy atom. The van der Waals surface area contributed by atoms with Crippen molar-refractivity contribution in [2.24, 2.45) is 0 Å². The number of nitrogens with zero attached hydrogens (tertiary/aromatic N) is 1. The highest BCUT2D eigenvalue weighted by molar-refractivity contribution is 7.98. The molecule has 0 fully saturated rings. The summed E-state index contributed by atoms with van der Waals surface area (Å²) in [5, 5.41) is 5.42. The molecule has 0 saturated heterocycles. The fraction of sp³-hybridized carbons (Fsp3) is 0.647. The lowest BCUT2D eigenvalue weighted by Gasteiger charge is -2.13. The van der Waals surface area contributed by atoms with Gasteiger partial charge in [0.15, 0.2) is 0 Å². The Hall–Kier alpha value is -1.91. The van der Waals surface area contributed by atoms with E-state index in [2.05, 4.69) is 10.6 Å². The lowest BCUT2D eigenvalue weighted by atomic mass is 10.3.